The fourth-order valence-electron chi connectivity index (χ4n) is 11.7. The summed E-state index contributed by atoms with van der Waals surface area (Å²) < 4.78 is 30.1. The Morgan fingerprint density at radius 1 is 0.915 bits per heavy atom. The normalized spacial score (nSPS) is 19.7. The third kappa shape index (κ3) is 12.9. The lowest BCUT2D eigenvalue weighted by Gasteiger charge is -2.43. The number of phenolic OH excluding ortho intramolecular Hbond substituents is 1. The largest absolute Gasteiger partial charge is 0.508 e. The molecule has 4 N–H and O–H groups in total. The summed E-state index contributed by atoms with van der Waals surface area (Å²) in [4.78, 5) is 78.7. The highest BCUT2D eigenvalue weighted by molar-refractivity contribution is 7.13. The Balaban J connectivity index is 0.713. The predicted molar refractivity (Wildman–Crippen MR) is 315 cm³/mol. The highest BCUT2D eigenvalue weighted by atomic mass is 35.5. The van der Waals surface area contributed by atoms with Gasteiger partial charge in [0.25, 0.3) is 0 Å². The molecule has 2 aromatic heterocycles. The van der Waals surface area contributed by atoms with Crippen LogP contribution in [-0.2, 0) is 23.9 Å². The highest BCUT2D eigenvalue weighted by Crippen LogP contribution is 2.43. The number of carbonyl (C=O) groups is 4. The molecule has 4 saturated heterocycles. The molecular formula is C61H72ClFN10O8S. The van der Waals surface area contributed by atoms with Crippen LogP contribution in [0, 0.1) is 18.2 Å². The van der Waals surface area contributed by atoms with Gasteiger partial charge in [0, 0.05) is 82.8 Å². The van der Waals surface area contributed by atoms with Crippen LogP contribution in [0.15, 0.2) is 84.9 Å². The molecule has 6 heterocycles. The average Bonchev–Trinajstić information content (AvgIpc) is 3.66. The monoisotopic (exact) mass is 1160 g/mol. The molecule has 5 atom stereocenters. The number of aliphatic hydroxyl groups excluding tert-OH is 1. The Morgan fingerprint density at radius 3 is 2.32 bits per heavy atom. The van der Waals surface area contributed by atoms with Gasteiger partial charge in [-0.05, 0) is 90.8 Å². The van der Waals surface area contributed by atoms with Crippen LogP contribution in [0.5, 0.6) is 11.8 Å². The molecule has 0 bridgehead atoms. The Bertz CT molecular complexity index is 3360. The molecule has 4 aliphatic heterocycles. The number of rotatable bonds is 17. The number of piperidine rings is 1. The summed E-state index contributed by atoms with van der Waals surface area (Å²) in [6.07, 6.45) is 1.59. The number of aromatic nitrogens is 3. The summed E-state index contributed by atoms with van der Waals surface area (Å²) in [7, 11) is 0. The van der Waals surface area contributed by atoms with E-state index in [-0.39, 0.29) is 83.3 Å². The summed E-state index contributed by atoms with van der Waals surface area (Å²) in [6, 6.07) is 17.9. The lowest BCUT2D eigenvalue weighted by molar-refractivity contribution is -0.144. The number of halogens is 2. The van der Waals surface area contributed by atoms with Crippen molar-refractivity contribution in [3.05, 3.63) is 107 Å². The van der Waals surface area contributed by atoms with Crippen LogP contribution in [0.4, 0.5) is 10.2 Å². The number of fused-ring (bicyclic) bond motifs is 2. The van der Waals surface area contributed by atoms with Crippen molar-refractivity contribution in [2.75, 3.05) is 76.9 Å². The minimum Gasteiger partial charge on any atom is -0.508 e. The van der Waals surface area contributed by atoms with Crippen LogP contribution in [0.25, 0.3) is 43.2 Å². The van der Waals surface area contributed by atoms with E-state index in [2.05, 4.69) is 37.0 Å². The van der Waals surface area contributed by atoms with E-state index in [4.69, 9.17) is 26.1 Å². The van der Waals surface area contributed by atoms with Gasteiger partial charge in [-0.2, -0.15) is 9.97 Å². The standard InChI is InChI=1S/C61H72ClFN10O8S/c1-8-51(77)71-21-23-72(24-22-71)57-47-28-48(62)52(46-26-41(74)25-40-11-9-10-12-45(40)46)53(63)54(47)67-60(68-57)80-35(2)29-70-31-44(32-70)81-43-17-19-69(20-18-43)33-50(76)66-56(61(5,6)7)59(79)73-30-42(75)27-49(73)58(78)65-36(3)38-13-15-39(16-14-38)55-37(4)64-34-82-55/h8-16,25-26,28,34-36,42-44,49,56,74-75H,1,17-24,27,29-33H2,2-7H3,(H,65,78)(H,66,76)/t35-,36+,42-,49+,56-/m1/s1. The Morgan fingerprint density at radius 2 is 1.63 bits per heavy atom. The molecule has 434 valence electrons. The zero-order chi connectivity index (χ0) is 58.1. The second kappa shape index (κ2) is 24.6. The van der Waals surface area contributed by atoms with Gasteiger partial charge in [-0.1, -0.05) is 87.5 Å². The molecule has 82 heavy (non-hydrogen) atoms. The minimum absolute atomic E-state index is 0.00600. The van der Waals surface area contributed by atoms with E-state index in [1.54, 1.807) is 28.4 Å². The fraction of sp³-hybridized carbons (Fsp3) is 0.459. The fourth-order valence-corrected chi connectivity index (χ4v) is 12.8. The lowest BCUT2D eigenvalue weighted by Crippen LogP contribution is -2.59. The zero-order valence-electron chi connectivity index (χ0n) is 47.2. The van der Waals surface area contributed by atoms with E-state index in [0.29, 0.717) is 81.1 Å². The maximum absolute atomic E-state index is 17.2. The highest BCUT2D eigenvalue weighted by Gasteiger charge is 2.45. The number of aryl methyl sites for hydroxylation is 1. The number of hydrogen-bond donors (Lipinski definition) is 4. The summed E-state index contributed by atoms with van der Waals surface area (Å²) in [6.45, 7) is 19.9. The molecule has 0 saturated carbocycles. The molecule has 0 radical (unpaired) electrons. The number of aromatic hydroxyl groups is 1. The number of nitrogens with zero attached hydrogens (tertiary/aromatic N) is 8. The minimum atomic E-state index is -0.939. The summed E-state index contributed by atoms with van der Waals surface area (Å²) in [5, 5.41) is 29.5. The molecule has 18 nitrogen and oxygen atoms in total. The Labute approximate surface area is 486 Å². The molecule has 4 aromatic carbocycles. The predicted octanol–water partition coefficient (Wildman–Crippen LogP) is 7.52. The second-order valence-electron chi connectivity index (χ2n) is 23.3. The molecule has 21 heteroatoms. The number of thiazole rings is 1. The second-order valence-corrected chi connectivity index (χ2v) is 24.5. The molecular weight excluding hydrogens is 1090 g/mol. The first-order valence-corrected chi connectivity index (χ1v) is 29.4. The molecule has 0 unspecified atom stereocenters. The number of aliphatic hydroxyl groups is 1. The smallest absolute Gasteiger partial charge is 0.319 e. The van der Waals surface area contributed by atoms with Crippen molar-refractivity contribution in [1.82, 2.24) is 45.2 Å². The van der Waals surface area contributed by atoms with Crippen LogP contribution in [0.1, 0.15) is 71.2 Å². The van der Waals surface area contributed by atoms with Crippen LogP contribution in [-0.4, -0.2) is 177 Å². The number of β-amino-alcohol motifs (C(OH)–C–C–N with tert-alkyl or cyclic N) is 1. The van der Waals surface area contributed by atoms with Crippen molar-refractivity contribution < 1.29 is 43.3 Å². The molecule has 4 amide bonds. The number of anilines is 1. The van der Waals surface area contributed by atoms with Crippen LogP contribution in [0.3, 0.4) is 0 Å². The number of nitrogens with one attached hydrogen (secondary N) is 2. The van der Waals surface area contributed by atoms with E-state index in [9.17, 15) is 29.4 Å². The maximum atomic E-state index is 17.2. The number of piperazine rings is 1. The van der Waals surface area contributed by atoms with Gasteiger partial charge in [-0.3, -0.25) is 29.0 Å². The third-order valence-corrected chi connectivity index (χ3v) is 17.4. The number of ether oxygens (including phenoxy) is 2. The average molecular weight is 1160 g/mol. The third-order valence-electron chi connectivity index (χ3n) is 16.1. The number of hydrogen-bond acceptors (Lipinski definition) is 15. The van der Waals surface area contributed by atoms with Crippen molar-refractivity contribution in [3.63, 3.8) is 0 Å². The SMILES string of the molecule is C=CC(=O)N1CCN(c2nc(O[C@H](C)CN3CC(OC4CCN(CC(=O)N[C@H](C(=O)N5C[C@H](O)C[C@H]5C(=O)N[C@@H](C)c5ccc(-c6scnc6C)cc5)C(C)(C)C)CC4)C3)nc3c(F)c(-c4cc(O)cc5ccccc45)c(Cl)cc23)CC1. The molecule has 0 aliphatic carbocycles. The molecule has 0 spiro atoms. The van der Waals surface area contributed by atoms with Gasteiger partial charge in [0.1, 0.15) is 35.3 Å². The van der Waals surface area contributed by atoms with Gasteiger partial charge in [-0.15, -0.1) is 11.3 Å². The van der Waals surface area contributed by atoms with E-state index in [0.717, 1.165) is 39.9 Å². The Hall–Kier alpha value is -6.81. The van der Waals surface area contributed by atoms with Gasteiger partial charge in [-0.25, -0.2) is 9.37 Å². The van der Waals surface area contributed by atoms with Crippen molar-refractivity contribution in [2.45, 2.75) is 103 Å². The lowest BCUT2D eigenvalue weighted by atomic mass is 9.85. The van der Waals surface area contributed by atoms with Gasteiger partial charge in [0.2, 0.25) is 23.6 Å². The van der Waals surface area contributed by atoms with E-state index >= 15 is 4.39 Å². The van der Waals surface area contributed by atoms with Gasteiger partial charge in [0.15, 0.2) is 5.82 Å². The van der Waals surface area contributed by atoms with Gasteiger partial charge in [0.05, 0.1) is 52.0 Å². The first-order chi connectivity index (χ1) is 39.2. The van der Waals surface area contributed by atoms with Crippen molar-refractivity contribution >= 4 is 74.1 Å². The van der Waals surface area contributed by atoms with Crippen LogP contribution >= 0.6 is 22.9 Å². The van der Waals surface area contributed by atoms with Crippen molar-refractivity contribution in [2.24, 2.45) is 5.41 Å². The number of amides is 4. The molecule has 10 rings (SSSR count). The summed E-state index contributed by atoms with van der Waals surface area (Å²) in [5.74, 6) is -1.51. The van der Waals surface area contributed by atoms with Crippen molar-refractivity contribution in [1.29, 1.82) is 0 Å². The topological polar surface area (TPSA) is 206 Å². The number of benzene rings is 4. The first-order valence-electron chi connectivity index (χ1n) is 28.1. The molecule has 4 aliphatic rings. The summed E-state index contributed by atoms with van der Waals surface area (Å²) in [5.41, 5.74) is 4.55. The van der Waals surface area contributed by atoms with E-state index in [1.807, 2.05) is 100 Å². The van der Waals surface area contributed by atoms with Gasteiger partial charge >= 0.3 is 6.01 Å². The first kappa shape index (κ1) is 58.4. The maximum Gasteiger partial charge on any atom is 0.319 e. The van der Waals surface area contributed by atoms with Gasteiger partial charge < -0.3 is 45.0 Å². The number of phenols is 1. The molecule has 6 aromatic rings. The summed E-state index contributed by atoms with van der Waals surface area (Å²) >= 11 is 8.51. The molecule has 4 fully saturated rings. The quantitative estimate of drug-likeness (QED) is 0.0653. The number of likely N-dealkylation sites (tertiary alicyclic amines) is 3. The van der Waals surface area contributed by atoms with Crippen LogP contribution in [0.2, 0.25) is 5.02 Å². The van der Waals surface area contributed by atoms with Crippen molar-refractivity contribution in [3.8, 4) is 33.3 Å². The Kier molecular flexibility index (Phi) is 17.5. The van der Waals surface area contributed by atoms with E-state index in [1.165, 1.54) is 17.0 Å². The number of carbonyl (C=O) groups excluding carboxylic acids is 4. The van der Waals surface area contributed by atoms with E-state index < -0.39 is 41.4 Å². The zero-order valence-corrected chi connectivity index (χ0v) is 48.8. The van der Waals surface area contributed by atoms with Crippen LogP contribution < -0.4 is 20.3 Å².